The van der Waals surface area contributed by atoms with Crippen molar-refractivity contribution in [3.05, 3.63) is 62.2 Å². The highest BCUT2D eigenvalue weighted by atomic mass is 35.5. The minimum Gasteiger partial charge on any atom is -0.323 e. The van der Waals surface area contributed by atoms with Crippen LogP contribution in [0.3, 0.4) is 0 Å². The normalized spacial score (nSPS) is 11.0. The van der Waals surface area contributed by atoms with Gasteiger partial charge in [-0.25, -0.2) is 4.98 Å². The molecule has 0 spiro atoms. The summed E-state index contributed by atoms with van der Waals surface area (Å²) in [5.74, 6) is -0.234. The second kappa shape index (κ2) is 9.13. The van der Waals surface area contributed by atoms with Crippen LogP contribution in [0.2, 0.25) is 10.0 Å². The van der Waals surface area contributed by atoms with Gasteiger partial charge in [0, 0.05) is 11.4 Å². The highest BCUT2D eigenvalue weighted by Gasteiger charge is 2.16. The molecule has 1 N–H and O–H groups in total. The molecule has 9 heteroatoms. The number of carbonyl (C=O) groups is 1. The molecular formula is C19H17Cl2N3O2S2. The van der Waals surface area contributed by atoms with E-state index >= 15 is 0 Å². The van der Waals surface area contributed by atoms with Gasteiger partial charge in [-0.05, 0) is 24.6 Å². The fourth-order valence-electron chi connectivity index (χ4n) is 2.54. The molecule has 2 aromatic heterocycles. The van der Waals surface area contributed by atoms with E-state index in [9.17, 15) is 9.59 Å². The lowest BCUT2D eigenvalue weighted by Crippen LogP contribution is -2.23. The van der Waals surface area contributed by atoms with Gasteiger partial charge in [0.25, 0.3) is 5.56 Å². The van der Waals surface area contributed by atoms with Gasteiger partial charge in [0.05, 0.1) is 26.9 Å². The second-order valence-corrected chi connectivity index (χ2v) is 8.69. The first-order valence-electron chi connectivity index (χ1n) is 8.45. The number of hydrogen-bond acceptors (Lipinski definition) is 5. The summed E-state index contributed by atoms with van der Waals surface area (Å²) in [6, 6.07) is 6.88. The number of nitrogens with zero attached hydrogens (tertiary/aromatic N) is 2. The van der Waals surface area contributed by atoms with Gasteiger partial charge in [-0.1, -0.05) is 54.0 Å². The number of nitrogens with one attached hydrogen (secondary N) is 1. The Morgan fingerprint density at radius 1 is 1.39 bits per heavy atom. The van der Waals surface area contributed by atoms with Crippen LogP contribution in [0.15, 0.2) is 46.9 Å². The van der Waals surface area contributed by atoms with Crippen LogP contribution < -0.4 is 10.9 Å². The minimum absolute atomic E-state index is 0.0582. The van der Waals surface area contributed by atoms with Crippen molar-refractivity contribution in [2.45, 2.75) is 25.0 Å². The van der Waals surface area contributed by atoms with E-state index in [2.05, 4.69) is 16.9 Å². The molecular weight excluding hydrogens is 437 g/mol. The zero-order chi connectivity index (χ0) is 20.3. The number of para-hydroxylation sites is 1. The molecule has 2 heterocycles. The Hall–Kier alpha value is -1.80. The molecule has 5 nitrogen and oxygen atoms in total. The first kappa shape index (κ1) is 20.9. The maximum Gasteiger partial charge on any atom is 0.263 e. The van der Waals surface area contributed by atoms with Crippen LogP contribution in [0.4, 0.5) is 5.69 Å². The van der Waals surface area contributed by atoms with Crippen LogP contribution in [0.25, 0.3) is 10.2 Å². The van der Waals surface area contributed by atoms with Crippen molar-refractivity contribution in [3.8, 4) is 0 Å². The van der Waals surface area contributed by atoms with Crippen molar-refractivity contribution in [1.82, 2.24) is 9.55 Å². The number of benzene rings is 1. The molecule has 0 saturated carbocycles. The fraction of sp³-hybridized carbons (Fsp3) is 0.211. The third-order valence-electron chi connectivity index (χ3n) is 3.89. The van der Waals surface area contributed by atoms with Crippen LogP contribution >= 0.6 is 46.3 Å². The average Bonchev–Trinajstić information content (AvgIpc) is 3.09. The van der Waals surface area contributed by atoms with Crippen molar-refractivity contribution in [1.29, 1.82) is 0 Å². The molecule has 0 bridgehead atoms. The number of rotatable bonds is 7. The number of carbonyl (C=O) groups excluding carboxylic acids is 1. The van der Waals surface area contributed by atoms with Gasteiger partial charge in [0.1, 0.15) is 4.83 Å². The minimum atomic E-state index is -0.292. The number of thioether (sulfide) groups is 1. The number of halogens is 2. The Morgan fingerprint density at radius 3 is 2.75 bits per heavy atom. The molecule has 0 atom stereocenters. The van der Waals surface area contributed by atoms with Crippen LogP contribution in [0.5, 0.6) is 0 Å². The third-order valence-corrected chi connectivity index (χ3v) is 6.67. The van der Waals surface area contributed by atoms with Crippen LogP contribution in [0, 0.1) is 0 Å². The van der Waals surface area contributed by atoms with E-state index < -0.39 is 0 Å². The summed E-state index contributed by atoms with van der Waals surface area (Å²) in [6.45, 7) is 6.06. The van der Waals surface area contributed by atoms with Crippen molar-refractivity contribution >= 4 is 68.1 Å². The number of anilines is 1. The average molecular weight is 454 g/mol. The van der Waals surface area contributed by atoms with E-state index in [1.54, 1.807) is 24.3 Å². The Kier molecular flexibility index (Phi) is 6.82. The molecule has 0 radical (unpaired) electrons. The summed E-state index contributed by atoms with van der Waals surface area (Å²) >= 11 is 14.9. The van der Waals surface area contributed by atoms with Gasteiger partial charge in [-0.15, -0.1) is 17.9 Å². The summed E-state index contributed by atoms with van der Waals surface area (Å²) in [7, 11) is 0. The smallest absolute Gasteiger partial charge is 0.263 e. The first-order chi connectivity index (χ1) is 13.4. The lowest BCUT2D eigenvalue weighted by atomic mass is 10.3. The Bertz CT molecular complexity index is 1090. The van der Waals surface area contributed by atoms with E-state index in [1.807, 2.05) is 13.0 Å². The Morgan fingerprint density at radius 2 is 2.11 bits per heavy atom. The van der Waals surface area contributed by atoms with Gasteiger partial charge in [-0.2, -0.15) is 0 Å². The number of thiophene rings is 1. The number of hydrogen-bond donors (Lipinski definition) is 1. The molecule has 0 aliphatic carbocycles. The number of allylic oxidation sites excluding steroid dienone is 1. The second-order valence-electron chi connectivity index (χ2n) is 5.82. The quantitative estimate of drug-likeness (QED) is 0.301. The van der Waals surface area contributed by atoms with Gasteiger partial charge < -0.3 is 5.32 Å². The maximum absolute atomic E-state index is 12.8. The summed E-state index contributed by atoms with van der Waals surface area (Å²) in [5.41, 5.74) is 0.243. The van der Waals surface area contributed by atoms with Crippen molar-refractivity contribution in [2.24, 2.45) is 0 Å². The molecule has 0 unspecified atom stereocenters. The van der Waals surface area contributed by atoms with Gasteiger partial charge in [-0.3, -0.25) is 14.2 Å². The van der Waals surface area contributed by atoms with Gasteiger partial charge >= 0.3 is 0 Å². The van der Waals surface area contributed by atoms with E-state index in [1.165, 1.54) is 27.7 Å². The summed E-state index contributed by atoms with van der Waals surface area (Å²) in [5, 5.41) is 4.50. The lowest BCUT2D eigenvalue weighted by Gasteiger charge is -2.11. The number of aromatic nitrogens is 2. The van der Waals surface area contributed by atoms with E-state index in [4.69, 9.17) is 23.2 Å². The number of amides is 1. The SMILES string of the molecule is C=CCn1c(SCC(=O)Nc2c(Cl)cccc2Cl)nc2sc(CC)cc2c1=O. The van der Waals surface area contributed by atoms with Crippen molar-refractivity contribution in [2.75, 3.05) is 11.1 Å². The molecule has 0 aliphatic heterocycles. The molecule has 146 valence electrons. The molecule has 1 amide bonds. The standard InChI is InChI=1S/C19H17Cl2N3O2S2/c1-3-8-24-18(26)12-9-11(4-2)28-17(12)23-19(24)27-10-15(25)22-16-13(20)6-5-7-14(16)21/h3,5-7,9H,1,4,8,10H2,2H3,(H,22,25). The predicted octanol–water partition coefficient (Wildman–Crippen LogP) is 5.24. The zero-order valence-corrected chi connectivity index (χ0v) is 18.1. The number of fused-ring (bicyclic) bond motifs is 1. The van der Waals surface area contributed by atoms with Gasteiger partial charge in [0.15, 0.2) is 5.16 Å². The van der Waals surface area contributed by atoms with E-state index in [0.717, 1.165) is 11.3 Å². The van der Waals surface area contributed by atoms with Crippen LogP contribution in [-0.2, 0) is 17.8 Å². The van der Waals surface area contributed by atoms with E-state index in [-0.39, 0.29) is 17.2 Å². The summed E-state index contributed by atoms with van der Waals surface area (Å²) < 4.78 is 1.53. The zero-order valence-electron chi connectivity index (χ0n) is 15.0. The number of aryl methyl sites for hydroxylation is 1. The van der Waals surface area contributed by atoms with E-state index in [0.29, 0.717) is 37.7 Å². The van der Waals surface area contributed by atoms with Crippen LogP contribution in [-0.4, -0.2) is 21.2 Å². The topological polar surface area (TPSA) is 64.0 Å². The molecule has 3 rings (SSSR count). The monoisotopic (exact) mass is 453 g/mol. The van der Waals surface area contributed by atoms with Crippen molar-refractivity contribution < 1.29 is 4.79 Å². The third kappa shape index (κ3) is 4.43. The largest absolute Gasteiger partial charge is 0.323 e. The Balaban J connectivity index is 1.85. The highest BCUT2D eigenvalue weighted by Crippen LogP contribution is 2.30. The first-order valence-corrected chi connectivity index (χ1v) is 11.0. The van der Waals surface area contributed by atoms with Crippen LogP contribution in [0.1, 0.15) is 11.8 Å². The fourth-order valence-corrected chi connectivity index (χ4v) is 4.85. The lowest BCUT2D eigenvalue weighted by molar-refractivity contribution is -0.113. The Labute approximate surface area is 180 Å². The van der Waals surface area contributed by atoms with Crippen molar-refractivity contribution in [3.63, 3.8) is 0 Å². The van der Waals surface area contributed by atoms with Gasteiger partial charge in [0.2, 0.25) is 5.91 Å². The molecule has 0 saturated heterocycles. The molecule has 0 aliphatic rings. The molecule has 28 heavy (non-hydrogen) atoms. The maximum atomic E-state index is 12.8. The summed E-state index contributed by atoms with van der Waals surface area (Å²) in [6.07, 6.45) is 2.47. The molecule has 1 aromatic carbocycles. The molecule has 0 fully saturated rings. The summed E-state index contributed by atoms with van der Waals surface area (Å²) in [4.78, 5) is 31.6. The molecule has 3 aromatic rings. The highest BCUT2D eigenvalue weighted by molar-refractivity contribution is 7.99. The predicted molar refractivity (Wildman–Crippen MR) is 119 cm³/mol.